The second kappa shape index (κ2) is 7.76. The highest BCUT2D eigenvalue weighted by molar-refractivity contribution is 6.34. The van der Waals surface area contributed by atoms with Gasteiger partial charge in [-0.3, -0.25) is 0 Å². The lowest BCUT2D eigenvalue weighted by Gasteiger charge is -2.15. The predicted molar refractivity (Wildman–Crippen MR) is 128 cm³/mol. The van der Waals surface area contributed by atoms with Gasteiger partial charge in [0.15, 0.2) is 0 Å². The van der Waals surface area contributed by atoms with Gasteiger partial charge in [0, 0.05) is 29.7 Å². The summed E-state index contributed by atoms with van der Waals surface area (Å²) in [5.74, 6) is -0.569. The number of nitrogens with zero attached hydrogens (tertiary/aromatic N) is 2. The first kappa shape index (κ1) is 20.7. The van der Waals surface area contributed by atoms with Crippen LogP contribution in [0.5, 0.6) is 5.75 Å². The molecular formula is C25H19ClN4O3. The molecule has 1 atom stereocenters. The van der Waals surface area contributed by atoms with Crippen LogP contribution >= 0.6 is 11.6 Å². The van der Waals surface area contributed by atoms with Crippen molar-refractivity contribution in [2.45, 2.75) is 13.3 Å². The van der Waals surface area contributed by atoms with Crippen molar-refractivity contribution in [2.24, 2.45) is 7.05 Å². The minimum absolute atomic E-state index is 0.196. The van der Waals surface area contributed by atoms with Crippen LogP contribution in [0.4, 0.5) is 11.4 Å². The molecule has 0 saturated heterocycles. The van der Waals surface area contributed by atoms with Crippen molar-refractivity contribution in [1.29, 1.82) is 5.26 Å². The topological polar surface area (TPSA) is 99.3 Å². The number of carbonyl (C=O) groups is 1. The number of aromatic nitrogens is 1. The third kappa shape index (κ3) is 3.60. The second-order valence-electron chi connectivity index (χ2n) is 7.94. The van der Waals surface area contributed by atoms with Crippen LogP contribution in [0, 0.1) is 18.3 Å². The van der Waals surface area contributed by atoms with Gasteiger partial charge in [0.1, 0.15) is 11.8 Å². The van der Waals surface area contributed by atoms with Gasteiger partial charge in [-0.25, -0.2) is 4.79 Å². The van der Waals surface area contributed by atoms with E-state index in [0.29, 0.717) is 21.9 Å². The van der Waals surface area contributed by atoms with Gasteiger partial charge in [0.2, 0.25) is 6.35 Å². The summed E-state index contributed by atoms with van der Waals surface area (Å²) >= 11 is 6.61. The van der Waals surface area contributed by atoms with Crippen molar-refractivity contribution >= 4 is 39.8 Å². The van der Waals surface area contributed by atoms with Gasteiger partial charge < -0.3 is 25.0 Å². The summed E-state index contributed by atoms with van der Waals surface area (Å²) in [5.41, 5.74) is 5.74. The molecule has 3 N–H and O–H groups in total. The summed E-state index contributed by atoms with van der Waals surface area (Å²) in [6, 6.07) is 16.9. The van der Waals surface area contributed by atoms with E-state index in [4.69, 9.17) is 16.3 Å². The molecule has 0 radical (unpaired) electrons. The highest BCUT2D eigenvalue weighted by Gasteiger charge is 2.24. The smallest absolute Gasteiger partial charge is 0.336 e. The normalized spacial score (nSPS) is 14.3. The Bertz CT molecular complexity index is 1490. The van der Waals surface area contributed by atoms with E-state index in [2.05, 4.69) is 16.7 Å². The first-order chi connectivity index (χ1) is 15.8. The summed E-state index contributed by atoms with van der Waals surface area (Å²) in [7, 11) is 1.91. The van der Waals surface area contributed by atoms with E-state index in [1.165, 1.54) is 6.07 Å². The quantitative estimate of drug-likeness (QED) is 0.369. The molecule has 0 fully saturated rings. The predicted octanol–water partition coefficient (Wildman–Crippen LogP) is 5.58. The Morgan fingerprint density at radius 3 is 2.64 bits per heavy atom. The van der Waals surface area contributed by atoms with Gasteiger partial charge >= 0.3 is 5.97 Å². The van der Waals surface area contributed by atoms with Crippen LogP contribution in [0.3, 0.4) is 0 Å². The maximum atomic E-state index is 11.4. The van der Waals surface area contributed by atoms with Gasteiger partial charge in [-0.2, -0.15) is 5.26 Å². The van der Waals surface area contributed by atoms with Gasteiger partial charge in [-0.1, -0.05) is 23.7 Å². The number of aryl methyl sites for hydroxylation is 2. The number of anilines is 2. The number of rotatable bonds is 4. The zero-order valence-electron chi connectivity index (χ0n) is 17.8. The van der Waals surface area contributed by atoms with E-state index >= 15 is 0 Å². The van der Waals surface area contributed by atoms with E-state index in [-0.39, 0.29) is 5.56 Å². The average molecular weight is 459 g/mol. The molecule has 4 aromatic rings. The largest absolute Gasteiger partial charge is 0.478 e. The van der Waals surface area contributed by atoms with E-state index in [1.807, 2.05) is 48.1 Å². The van der Waals surface area contributed by atoms with Crippen LogP contribution in [0.2, 0.25) is 5.02 Å². The van der Waals surface area contributed by atoms with E-state index in [9.17, 15) is 15.2 Å². The van der Waals surface area contributed by atoms with Crippen molar-refractivity contribution in [1.82, 2.24) is 4.57 Å². The van der Waals surface area contributed by atoms with E-state index in [1.54, 1.807) is 19.1 Å². The van der Waals surface area contributed by atoms with Crippen LogP contribution in [0.15, 0.2) is 54.7 Å². The SMILES string of the molecule is Cc1ccc(OC2Nc3cc(Cl)c(-c4ccc5c(c4)c(C#N)cn5C)cc3N2)cc1C(=O)O. The van der Waals surface area contributed by atoms with Crippen molar-refractivity contribution in [3.63, 3.8) is 0 Å². The fraction of sp³-hybridized carbons (Fsp3) is 0.120. The molecule has 0 amide bonds. The van der Waals surface area contributed by atoms with Gasteiger partial charge in [-0.15, -0.1) is 0 Å². The molecule has 5 rings (SSSR count). The Morgan fingerprint density at radius 2 is 1.91 bits per heavy atom. The van der Waals surface area contributed by atoms with E-state index in [0.717, 1.165) is 33.4 Å². The Balaban J connectivity index is 1.44. The Morgan fingerprint density at radius 1 is 1.15 bits per heavy atom. The van der Waals surface area contributed by atoms with Crippen molar-refractivity contribution < 1.29 is 14.6 Å². The lowest BCUT2D eigenvalue weighted by molar-refractivity contribution is 0.0695. The van der Waals surface area contributed by atoms with Crippen LogP contribution in [-0.4, -0.2) is 22.0 Å². The van der Waals surface area contributed by atoms with Crippen molar-refractivity contribution in [3.05, 3.63) is 76.4 Å². The monoisotopic (exact) mass is 458 g/mol. The minimum Gasteiger partial charge on any atom is -0.478 e. The number of carboxylic acid groups (broad SMARTS) is 1. The number of hydrogen-bond acceptors (Lipinski definition) is 5. The Kier molecular flexibility index (Phi) is 4.88. The Hall–Kier alpha value is -4.15. The van der Waals surface area contributed by atoms with Crippen LogP contribution in [0.25, 0.3) is 22.0 Å². The molecule has 1 aliphatic rings. The molecular weight excluding hydrogens is 440 g/mol. The second-order valence-corrected chi connectivity index (χ2v) is 8.35. The number of hydrogen-bond donors (Lipinski definition) is 3. The lowest BCUT2D eigenvalue weighted by Crippen LogP contribution is -2.29. The molecule has 7 nitrogen and oxygen atoms in total. The number of halogens is 1. The number of aromatic carboxylic acids is 1. The van der Waals surface area contributed by atoms with Crippen molar-refractivity contribution in [2.75, 3.05) is 10.6 Å². The first-order valence-electron chi connectivity index (χ1n) is 10.2. The zero-order chi connectivity index (χ0) is 23.3. The highest BCUT2D eigenvalue weighted by Crippen LogP contribution is 2.40. The maximum absolute atomic E-state index is 11.4. The molecule has 0 saturated carbocycles. The summed E-state index contributed by atoms with van der Waals surface area (Å²) < 4.78 is 7.84. The molecule has 0 bridgehead atoms. The van der Waals surface area contributed by atoms with Gasteiger partial charge in [0.25, 0.3) is 0 Å². The van der Waals surface area contributed by atoms with Gasteiger partial charge in [-0.05, 0) is 54.4 Å². The number of benzene rings is 3. The number of nitrogens with one attached hydrogen (secondary N) is 2. The molecule has 164 valence electrons. The van der Waals surface area contributed by atoms with Gasteiger partial charge in [0.05, 0.1) is 27.5 Å². The highest BCUT2D eigenvalue weighted by atomic mass is 35.5. The number of ether oxygens (including phenoxy) is 1. The molecule has 33 heavy (non-hydrogen) atoms. The molecule has 1 aliphatic heterocycles. The third-order valence-corrected chi connectivity index (χ3v) is 6.11. The standard InChI is InChI=1S/C25H19ClN4O3/c1-13-3-5-16(8-17(13)24(31)32)33-25-28-21-9-18(20(26)10-22(21)29-25)14-4-6-23-19(7-14)15(11-27)12-30(23)2/h3-10,12,25,28-29H,1-2H3,(H,31,32). The molecule has 2 heterocycles. The fourth-order valence-corrected chi connectivity index (χ4v) is 4.37. The van der Waals surface area contributed by atoms with E-state index < -0.39 is 12.3 Å². The number of nitriles is 1. The third-order valence-electron chi connectivity index (χ3n) is 5.79. The maximum Gasteiger partial charge on any atom is 0.336 e. The van der Waals surface area contributed by atoms with Crippen molar-refractivity contribution in [3.8, 4) is 22.9 Å². The molecule has 0 aliphatic carbocycles. The average Bonchev–Trinajstić information content (AvgIpc) is 3.33. The van der Waals surface area contributed by atoms with Crippen LogP contribution in [-0.2, 0) is 7.05 Å². The molecule has 1 aromatic heterocycles. The first-order valence-corrected chi connectivity index (χ1v) is 10.6. The molecule has 8 heteroatoms. The lowest BCUT2D eigenvalue weighted by atomic mass is 10.0. The molecule has 3 aromatic carbocycles. The molecule has 1 unspecified atom stereocenters. The number of carboxylic acids is 1. The summed E-state index contributed by atoms with van der Waals surface area (Å²) in [6.07, 6.45) is 1.23. The summed E-state index contributed by atoms with van der Waals surface area (Å²) in [4.78, 5) is 11.4. The summed E-state index contributed by atoms with van der Waals surface area (Å²) in [6.45, 7) is 1.74. The Labute approximate surface area is 194 Å². The number of fused-ring (bicyclic) bond motifs is 2. The van der Waals surface area contributed by atoms with Crippen LogP contribution < -0.4 is 15.4 Å². The minimum atomic E-state index is -1.00. The molecule has 0 spiro atoms. The van der Waals surface area contributed by atoms with Crippen LogP contribution in [0.1, 0.15) is 21.5 Å². The fourth-order valence-electron chi connectivity index (χ4n) is 4.10. The zero-order valence-corrected chi connectivity index (χ0v) is 18.6. The summed E-state index contributed by atoms with van der Waals surface area (Å²) in [5, 5.41) is 26.7.